The summed E-state index contributed by atoms with van der Waals surface area (Å²) < 4.78 is 17.0. The Labute approximate surface area is 354 Å². The number of para-hydroxylation sites is 2. The van der Waals surface area contributed by atoms with Crippen LogP contribution in [0.3, 0.4) is 0 Å². The van der Waals surface area contributed by atoms with Gasteiger partial charge < -0.3 is 51.0 Å². The number of nitrogens with zero attached hydrogens (tertiary/aromatic N) is 4. The van der Waals surface area contributed by atoms with E-state index >= 15 is 0 Å². The van der Waals surface area contributed by atoms with Crippen LogP contribution in [0.5, 0.6) is 0 Å². The zero-order valence-corrected chi connectivity index (χ0v) is 34.8. The molecule has 1 aromatic heterocycles. The van der Waals surface area contributed by atoms with Crippen molar-refractivity contribution in [3.05, 3.63) is 72.4 Å². The summed E-state index contributed by atoms with van der Waals surface area (Å²) in [4.78, 5) is 49.2. The van der Waals surface area contributed by atoms with Crippen molar-refractivity contribution in [3.63, 3.8) is 0 Å². The van der Waals surface area contributed by atoms with Crippen LogP contribution in [-0.4, -0.2) is 135 Å². The molecule has 0 bridgehead atoms. The Morgan fingerprint density at radius 3 is 2.41 bits per heavy atom. The van der Waals surface area contributed by atoms with Crippen molar-refractivity contribution in [2.45, 2.75) is 43.0 Å². The first-order valence-electron chi connectivity index (χ1n) is 20.2. The lowest BCUT2D eigenvalue weighted by Gasteiger charge is -2.36. The van der Waals surface area contributed by atoms with Gasteiger partial charge in [0.2, 0.25) is 17.8 Å². The third kappa shape index (κ3) is 14.0. The molecule has 0 spiro atoms. The van der Waals surface area contributed by atoms with Crippen molar-refractivity contribution in [1.82, 2.24) is 30.8 Å². The zero-order valence-electron chi connectivity index (χ0n) is 33.3. The van der Waals surface area contributed by atoms with Gasteiger partial charge in [0.25, 0.3) is 0 Å². The number of piperazine rings is 1. The van der Waals surface area contributed by atoms with Crippen LogP contribution in [0, 0.1) is 0 Å². The molecule has 3 atom stereocenters. The van der Waals surface area contributed by atoms with Crippen LogP contribution in [0.15, 0.2) is 67.4 Å². The van der Waals surface area contributed by atoms with Crippen molar-refractivity contribution in [3.8, 4) is 0 Å². The van der Waals surface area contributed by atoms with Gasteiger partial charge in [-0.25, -0.2) is 9.78 Å². The number of hydrogen-bond acceptors (Lipinski definition) is 13. The molecule has 3 aliphatic heterocycles. The third-order valence-corrected chi connectivity index (χ3v) is 12.0. The molecule has 4 heterocycles. The number of thioether (sulfide) groups is 1. The normalized spacial score (nSPS) is 18.8. The van der Waals surface area contributed by atoms with Gasteiger partial charge in [0.1, 0.15) is 5.02 Å². The number of benzene rings is 2. The van der Waals surface area contributed by atoms with Crippen molar-refractivity contribution in [2.75, 3.05) is 106 Å². The summed E-state index contributed by atoms with van der Waals surface area (Å²) in [6.45, 7) is 11.7. The number of hydrogen-bond donors (Lipinski definition) is 6. The van der Waals surface area contributed by atoms with Gasteiger partial charge in [-0.2, -0.15) is 16.7 Å². The molecule has 0 aliphatic carbocycles. The minimum atomic E-state index is -0.322. The highest BCUT2D eigenvalue weighted by molar-refractivity contribution is 8.00. The van der Waals surface area contributed by atoms with E-state index in [0.29, 0.717) is 86.0 Å². The fourth-order valence-corrected chi connectivity index (χ4v) is 8.68. The van der Waals surface area contributed by atoms with Crippen LogP contribution in [0.25, 0.3) is 0 Å². The van der Waals surface area contributed by atoms with Crippen LogP contribution in [0.1, 0.15) is 25.7 Å². The summed E-state index contributed by atoms with van der Waals surface area (Å²) in [7, 11) is 0. The number of anilines is 6. The van der Waals surface area contributed by atoms with Gasteiger partial charge in [-0.15, -0.1) is 0 Å². The number of carbonyl (C=O) groups is 3. The molecular weight excluding hydrogens is 796 g/mol. The fraction of sp³-hybridized carbons (Fsp3) is 0.488. The largest absolute Gasteiger partial charge is 0.378 e. The summed E-state index contributed by atoms with van der Waals surface area (Å²) in [5.74, 6) is 1.45. The van der Waals surface area contributed by atoms with E-state index in [1.54, 1.807) is 6.07 Å². The summed E-state index contributed by atoms with van der Waals surface area (Å²) >= 11 is 8.31. The molecule has 4 amide bonds. The summed E-state index contributed by atoms with van der Waals surface area (Å²) in [6.07, 6.45) is 6.06. The number of rotatable bonds is 24. The lowest BCUT2D eigenvalue weighted by atomic mass is 10.0. The molecule has 3 fully saturated rings. The van der Waals surface area contributed by atoms with Crippen molar-refractivity contribution < 1.29 is 28.6 Å². The summed E-state index contributed by atoms with van der Waals surface area (Å²) in [5.41, 5.74) is 3.18. The molecule has 3 aliphatic rings. The van der Waals surface area contributed by atoms with Crippen LogP contribution >= 0.6 is 23.4 Å². The summed E-state index contributed by atoms with van der Waals surface area (Å²) in [6, 6.07) is 15.8. The van der Waals surface area contributed by atoms with Crippen LogP contribution in [-0.2, 0) is 23.8 Å². The zero-order chi connectivity index (χ0) is 41.2. The van der Waals surface area contributed by atoms with Crippen molar-refractivity contribution in [1.29, 1.82) is 0 Å². The predicted octanol–water partition coefficient (Wildman–Crippen LogP) is 4.76. The molecule has 0 saturated carbocycles. The number of amides is 4. The number of aromatic nitrogens is 2. The van der Waals surface area contributed by atoms with E-state index in [-0.39, 0.29) is 29.9 Å². The van der Waals surface area contributed by atoms with Gasteiger partial charge in [0.05, 0.1) is 69.3 Å². The molecule has 318 valence electrons. The van der Waals surface area contributed by atoms with E-state index in [0.717, 1.165) is 69.1 Å². The quantitative estimate of drug-likeness (QED) is 0.0413. The van der Waals surface area contributed by atoms with Gasteiger partial charge in [-0.1, -0.05) is 36.7 Å². The predicted molar refractivity (Wildman–Crippen MR) is 233 cm³/mol. The van der Waals surface area contributed by atoms with Crippen molar-refractivity contribution in [2.24, 2.45) is 0 Å². The second kappa shape index (κ2) is 23.2. The maximum Gasteiger partial charge on any atom is 0.315 e. The van der Waals surface area contributed by atoms with E-state index in [1.807, 2.05) is 42.1 Å². The number of halogens is 1. The number of unbranched alkanes of at least 4 members (excludes halogenated alkanes) is 1. The van der Waals surface area contributed by atoms with Gasteiger partial charge in [-0.3, -0.25) is 14.5 Å². The number of nitrogens with one attached hydrogen (secondary N) is 6. The lowest BCUT2D eigenvalue weighted by molar-refractivity contribution is -0.121. The molecule has 6 rings (SSSR count). The minimum Gasteiger partial charge on any atom is -0.378 e. The fourth-order valence-electron chi connectivity index (χ4n) is 7.00. The summed E-state index contributed by atoms with van der Waals surface area (Å²) in [5, 5.41) is 18.9. The minimum absolute atomic E-state index is 0.0470. The van der Waals surface area contributed by atoms with E-state index in [9.17, 15) is 14.4 Å². The first-order valence-corrected chi connectivity index (χ1v) is 21.6. The van der Waals surface area contributed by atoms with E-state index in [2.05, 4.69) is 70.4 Å². The maximum atomic E-state index is 12.1. The average molecular weight is 851 g/mol. The first kappa shape index (κ1) is 43.9. The van der Waals surface area contributed by atoms with Gasteiger partial charge in [-0.05, 0) is 55.3 Å². The molecular formula is C41H55ClN10O6S. The molecule has 6 N–H and O–H groups in total. The maximum absolute atomic E-state index is 12.1. The van der Waals surface area contributed by atoms with E-state index < -0.39 is 0 Å². The molecule has 3 unspecified atom stereocenters. The average Bonchev–Trinajstić information content (AvgIpc) is 3.81. The highest BCUT2D eigenvalue weighted by Crippen LogP contribution is 2.33. The van der Waals surface area contributed by atoms with Gasteiger partial charge >= 0.3 is 6.03 Å². The van der Waals surface area contributed by atoms with Crippen LogP contribution < -0.4 is 36.8 Å². The Hall–Kier alpha value is -4.65. The molecule has 0 radical (unpaired) electrons. The Balaban J connectivity index is 0.758. The number of carbonyl (C=O) groups excluding carboxylic acids is 3. The lowest BCUT2D eigenvalue weighted by Crippen LogP contribution is -2.47. The molecule has 3 saturated heterocycles. The SMILES string of the molecule is C=CC(=O)Nc1ccccc1Nc1nc(Nc2ccc(N3CCN(CCOCCOCCOCCNC(=O)CCCCC4SCC5NC(=O)NC54)CC3)cc2)ncc1Cl. The Morgan fingerprint density at radius 1 is 0.915 bits per heavy atom. The number of fused-ring (bicyclic) bond motifs is 1. The number of urea groups is 1. The molecule has 18 heteroatoms. The Bertz CT molecular complexity index is 1840. The molecule has 59 heavy (non-hydrogen) atoms. The van der Waals surface area contributed by atoms with Crippen LogP contribution in [0.2, 0.25) is 5.02 Å². The first-order chi connectivity index (χ1) is 28.8. The highest BCUT2D eigenvalue weighted by atomic mass is 35.5. The van der Waals surface area contributed by atoms with Gasteiger partial charge in [0.15, 0.2) is 5.82 Å². The standard InChI is InChI=1S/C41H55ClN10O6S/c1-2-36(53)46-32-7-3-4-8-33(32)47-39-31(42)27-44-40(50-39)45-29-11-13-30(14-12-29)52-18-16-51(17-19-52)20-22-57-24-26-58-25-23-56-21-15-43-37(54)10-6-5-9-35-38-34(28-59-35)48-41(55)49-38/h2-4,7-8,11-14,27,34-35,38H,1,5-6,9-10,15-26,28H2,(H,43,54)(H,46,53)(H2,48,49,55)(H2,44,45,47,50). The Kier molecular flexibility index (Phi) is 17.3. The number of ether oxygens (including phenoxy) is 3. The molecule has 3 aromatic rings. The molecule has 2 aromatic carbocycles. The highest BCUT2D eigenvalue weighted by Gasteiger charge is 2.42. The molecule has 16 nitrogen and oxygen atoms in total. The van der Waals surface area contributed by atoms with Crippen molar-refractivity contribution >= 4 is 75.7 Å². The third-order valence-electron chi connectivity index (χ3n) is 10.2. The van der Waals surface area contributed by atoms with Crippen LogP contribution in [0.4, 0.5) is 39.3 Å². The second-order valence-electron chi connectivity index (χ2n) is 14.3. The monoisotopic (exact) mass is 850 g/mol. The topological polar surface area (TPSA) is 183 Å². The van der Waals surface area contributed by atoms with Gasteiger partial charge in [0, 0.05) is 68.1 Å². The second-order valence-corrected chi connectivity index (χ2v) is 16.0. The van der Waals surface area contributed by atoms with E-state index in [1.165, 1.54) is 12.3 Å². The Morgan fingerprint density at radius 2 is 1.64 bits per heavy atom. The smallest absolute Gasteiger partial charge is 0.315 e. The van der Waals surface area contributed by atoms with E-state index in [4.69, 9.17) is 25.8 Å².